The van der Waals surface area contributed by atoms with Crippen LogP contribution in [0.25, 0.3) is 0 Å². The van der Waals surface area contributed by atoms with Crippen molar-refractivity contribution in [3.05, 3.63) is 29.3 Å². The van der Waals surface area contributed by atoms with E-state index in [0.29, 0.717) is 5.92 Å². The SMILES string of the molecule is COc1ccc(CO)cc1CN(CC(C)C)C1CC1. The number of ether oxygens (including phenoxy) is 1. The summed E-state index contributed by atoms with van der Waals surface area (Å²) in [7, 11) is 1.71. The Labute approximate surface area is 116 Å². The van der Waals surface area contributed by atoms with Crippen LogP contribution in [0.4, 0.5) is 0 Å². The number of hydrogen-bond acceptors (Lipinski definition) is 3. The third-order valence-electron chi connectivity index (χ3n) is 3.56. The molecule has 0 radical (unpaired) electrons. The Kier molecular flexibility index (Phi) is 4.83. The van der Waals surface area contributed by atoms with Gasteiger partial charge in [0.1, 0.15) is 5.75 Å². The lowest BCUT2D eigenvalue weighted by Crippen LogP contribution is -2.29. The van der Waals surface area contributed by atoms with E-state index in [1.54, 1.807) is 7.11 Å². The fourth-order valence-electron chi connectivity index (χ4n) is 2.52. The molecule has 19 heavy (non-hydrogen) atoms. The molecule has 106 valence electrons. The van der Waals surface area contributed by atoms with Gasteiger partial charge in [0, 0.05) is 24.7 Å². The molecule has 0 bridgehead atoms. The number of nitrogens with zero attached hydrogens (tertiary/aromatic N) is 1. The van der Waals surface area contributed by atoms with Crippen molar-refractivity contribution in [3.63, 3.8) is 0 Å². The van der Waals surface area contributed by atoms with E-state index in [-0.39, 0.29) is 6.61 Å². The highest BCUT2D eigenvalue weighted by Gasteiger charge is 2.29. The molecule has 1 N–H and O–H groups in total. The van der Waals surface area contributed by atoms with Crippen molar-refractivity contribution < 1.29 is 9.84 Å². The fourth-order valence-corrected chi connectivity index (χ4v) is 2.52. The van der Waals surface area contributed by atoms with Crippen molar-refractivity contribution in [1.29, 1.82) is 0 Å². The Hall–Kier alpha value is -1.06. The van der Waals surface area contributed by atoms with Crippen LogP contribution in [0, 0.1) is 5.92 Å². The average Bonchev–Trinajstić information content (AvgIpc) is 3.21. The average molecular weight is 263 g/mol. The number of aliphatic hydroxyl groups is 1. The Balaban J connectivity index is 2.14. The van der Waals surface area contributed by atoms with E-state index in [1.165, 1.54) is 18.4 Å². The maximum atomic E-state index is 9.27. The number of benzene rings is 1. The van der Waals surface area contributed by atoms with Gasteiger partial charge in [0.05, 0.1) is 13.7 Å². The number of rotatable bonds is 7. The predicted molar refractivity (Wildman–Crippen MR) is 77.2 cm³/mol. The maximum absolute atomic E-state index is 9.27. The van der Waals surface area contributed by atoms with Crippen LogP contribution in [-0.4, -0.2) is 29.7 Å². The zero-order valence-electron chi connectivity index (χ0n) is 12.2. The number of aliphatic hydroxyl groups excluding tert-OH is 1. The number of hydrogen-bond donors (Lipinski definition) is 1. The molecule has 3 nitrogen and oxygen atoms in total. The second-order valence-corrected chi connectivity index (χ2v) is 5.86. The maximum Gasteiger partial charge on any atom is 0.123 e. The third kappa shape index (κ3) is 3.95. The summed E-state index contributed by atoms with van der Waals surface area (Å²) in [5.41, 5.74) is 2.14. The highest BCUT2D eigenvalue weighted by molar-refractivity contribution is 5.37. The van der Waals surface area contributed by atoms with Gasteiger partial charge < -0.3 is 9.84 Å². The molecule has 2 rings (SSSR count). The standard InChI is InChI=1S/C16H25NO2/c1-12(2)9-17(15-5-6-15)10-14-8-13(11-18)4-7-16(14)19-3/h4,7-8,12,15,18H,5-6,9-11H2,1-3H3. The van der Waals surface area contributed by atoms with E-state index in [9.17, 15) is 5.11 Å². The van der Waals surface area contributed by atoms with Crippen LogP contribution in [0.15, 0.2) is 18.2 Å². The second kappa shape index (κ2) is 6.40. The molecule has 3 heteroatoms. The first kappa shape index (κ1) is 14.4. The minimum absolute atomic E-state index is 0.0879. The van der Waals surface area contributed by atoms with Crippen LogP contribution < -0.4 is 4.74 Å². The predicted octanol–water partition coefficient (Wildman–Crippen LogP) is 2.81. The van der Waals surface area contributed by atoms with Gasteiger partial charge in [0.2, 0.25) is 0 Å². The molecular formula is C16H25NO2. The monoisotopic (exact) mass is 263 g/mol. The van der Waals surface area contributed by atoms with Crippen molar-refractivity contribution in [1.82, 2.24) is 4.90 Å². The smallest absolute Gasteiger partial charge is 0.123 e. The van der Waals surface area contributed by atoms with Gasteiger partial charge in [-0.2, -0.15) is 0 Å². The molecule has 0 atom stereocenters. The van der Waals surface area contributed by atoms with Crippen LogP contribution in [0.3, 0.4) is 0 Å². The Bertz CT molecular complexity index is 413. The molecule has 1 fully saturated rings. The third-order valence-corrected chi connectivity index (χ3v) is 3.56. The summed E-state index contributed by atoms with van der Waals surface area (Å²) in [6.45, 7) is 6.65. The van der Waals surface area contributed by atoms with E-state index >= 15 is 0 Å². The largest absolute Gasteiger partial charge is 0.496 e. The molecule has 1 aliphatic rings. The van der Waals surface area contributed by atoms with E-state index in [0.717, 1.165) is 30.4 Å². The van der Waals surface area contributed by atoms with Crippen LogP contribution in [-0.2, 0) is 13.2 Å². The molecule has 1 saturated carbocycles. The molecule has 1 aromatic carbocycles. The number of methoxy groups -OCH3 is 1. The van der Waals surface area contributed by atoms with Gasteiger partial charge in [-0.15, -0.1) is 0 Å². The van der Waals surface area contributed by atoms with Crippen molar-refractivity contribution in [2.75, 3.05) is 13.7 Å². The van der Waals surface area contributed by atoms with Gasteiger partial charge in [-0.25, -0.2) is 0 Å². The van der Waals surface area contributed by atoms with Gasteiger partial charge in [-0.1, -0.05) is 19.9 Å². The molecule has 0 spiro atoms. The van der Waals surface area contributed by atoms with E-state index in [4.69, 9.17) is 4.74 Å². The summed E-state index contributed by atoms with van der Waals surface area (Å²) in [6, 6.07) is 6.69. The minimum atomic E-state index is 0.0879. The molecule has 0 heterocycles. The topological polar surface area (TPSA) is 32.7 Å². The highest BCUT2D eigenvalue weighted by atomic mass is 16.5. The molecule has 1 aromatic rings. The lowest BCUT2D eigenvalue weighted by atomic mass is 10.1. The Morgan fingerprint density at radius 1 is 1.37 bits per heavy atom. The molecule has 0 unspecified atom stereocenters. The van der Waals surface area contributed by atoms with Crippen LogP contribution in [0.5, 0.6) is 5.75 Å². The quantitative estimate of drug-likeness (QED) is 0.821. The summed E-state index contributed by atoms with van der Waals surface area (Å²) in [4.78, 5) is 2.55. The summed E-state index contributed by atoms with van der Waals surface area (Å²) in [6.07, 6.45) is 2.63. The minimum Gasteiger partial charge on any atom is -0.496 e. The van der Waals surface area contributed by atoms with Crippen LogP contribution in [0.2, 0.25) is 0 Å². The first-order chi connectivity index (χ1) is 9.13. The van der Waals surface area contributed by atoms with Gasteiger partial charge in [-0.3, -0.25) is 4.90 Å². The van der Waals surface area contributed by atoms with Crippen LogP contribution >= 0.6 is 0 Å². The lowest BCUT2D eigenvalue weighted by molar-refractivity contribution is 0.222. The van der Waals surface area contributed by atoms with Gasteiger partial charge in [-0.05, 0) is 36.5 Å². The van der Waals surface area contributed by atoms with Crippen molar-refractivity contribution in [2.45, 2.75) is 45.9 Å². The van der Waals surface area contributed by atoms with Crippen LogP contribution in [0.1, 0.15) is 37.8 Å². The molecule has 0 aromatic heterocycles. The molecule has 0 aliphatic heterocycles. The summed E-state index contributed by atoms with van der Waals surface area (Å²) < 4.78 is 5.44. The Morgan fingerprint density at radius 2 is 2.11 bits per heavy atom. The molecule has 0 amide bonds. The Morgan fingerprint density at radius 3 is 2.63 bits per heavy atom. The fraction of sp³-hybridized carbons (Fsp3) is 0.625. The molecule has 1 aliphatic carbocycles. The van der Waals surface area contributed by atoms with E-state index < -0.39 is 0 Å². The summed E-state index contributed by atoms with van der Waals surface area (Å²) >= 11 is 0. The van der Waals surface area contributed by atoms with Gasteiger partial charge in [0.25, 0.3) is 0 Å². The summed E-state index contributed by atoms with van der Waals surface area (Å²) in [5, 5.41) is 9.27. The van der Waals surface area contributed by atoms with Gasteiger partial charge in [0.15, 0.2) is 0 Å². The first-order valence-electron chi connectivity index (χ1n) is 7.14. The highest BCUT2D eigenvalue weighted by Crippen LogP contribution is 2.31. The molecular weight excluding hydrogens is 238 g/mol. The second-order valence-electron chi connectivity index (χ2n) is 5.86. The summed E-state index contributed by atoms with van der Waals surface area (Å²) in [5.74, 6) is 1.60. The molecule has 0 saturated heterocycles. The zero-order valence-corrected chi connectivity index (χ0v) is 12.2. The first-order valence-corrected chi connectivity index (χ1v) is 7.14. The van der Waals surface area contributed by atoms with Crippen molar-refractivity contribution >= 4 is 0 Å². The normalized spacial score (nSPS) is 15.3. The lowest BCUT2D eigenvalue weighted by Gasteiger charge is -2.25. The van der Waals surface area contributed by atoms with E-state index in [2.05, 4.69) is 24.8 Å². The van der Waals surface area contributed by atoms with Gasteiger partial charge >= 0.3 is 0 Å². The van der Waals surface area contributed by atoms with Crippen molar-refractivity contribution in [2.24, 2.45) is 5.92 Å². The van der Waals surface area contributed by atoms with Crippen molar-refractivity contribution in [3.8, 4) is 5.75 Å². The van der Waals surface area contributed by atoms with E-state index in [1.807, 2.05) is 12.1 Å². The zero-order chi connectivity index (χ0) is 13.8.